The maximum Gasteiger partial charge on any atom is 0.277 e. The zero-order valence-corrected chi connectivity index (χ0v) is 15.1. The molecule has 0 amide bonds. The van der Waals surface area contributed by atoms with Crippen molar-refractivity contribution >= 4 is 17.4 Å². The first-order chi connectivity index (χ1) is 12.1. The summed E-state index contributed by atoms with van der Waals surface area (Å²) in [6, 6.07) is 26.7. The van der Waals surface area contributed by atoms with Crippen LogP contribution in [0, 0.1) is 0 Å². The van der Waals surface area contributed by atoms with E-state index in [4.69, 9.17) is 17.0 Å². The van der Waals surface area contributed by atoms with Crippen LogP contribution in [0.1, 0.15) is 0 Å². The topological polar surface area (TPSA) is 24.5 Å². The molecule has 126 valence electrons. The van der Waals surface area contributed by atoms with Gasteiger partial charge < -0.3 is 4.74 Å². The molecule has 3 rings (SSSR count). The molecule has 1 N–H and O–H groups in total. The highest BCUT2D eigenvalue weighted by atomic mass is 32.1. The van der Waals surface area contributed by atoms with Crippen molar-refractivity contribution in [2.75, 3.05) is 14.1 Å². The number of rotatable bonds is 4. The summed E-state index contributed by atoms with van der Waals surface area (Å²) in [6.45, 7) is 0. The van der Waals surface area contributed by atoms with Crippen LogP contribution in [-0.2, 0) is 0 Å². The van der Waals surface area contributed by atoms with Gasteiger partial charge in [-0.15, -0.1) is 0 Å². The summed E-state index contributed by atoms with van der Waals surface area (Å²) < 4.78 is 5.83. The zero-order chi connectivity index (χ0) is 17.6. The van der Waals surface area contributed by atoms with E-state index in [0.717, 1.165) is 22.3 Å². The van der Waals surface area contributed by atoms with E-state index < -0.39 is 0 Å². The normalized spacial score (nSPS) is 10.5. The van der Waals surface area contributed by atoms with Crippen LogP contribution < -0.4 is 10.2 Å². The third-order valence-electron chi connectivity index (χ3n) is 3.65. The van der Waals surface area contributed by atoms with Crippen LogP contribution in [0.15, 0.2) is 78.9 Å². The molecule has 25 heavy (non-hydrogen) atoms. The first-order valence-electron chi connectivity index (χ1n) is 8.03. The second kappa shape index (κ2) is 7.92. The molecule has 0 atom stereocenters. The Hall–Kier alpha value is -2.69. The van der Waals surface area contributed by atoms with Crippen LogP contribution in [0.3, 0.4) is 0 Å². The standard InChI is InChI=1S/C21H20N2OS/c1-23(2)22-21(25)24-20-14-18(16-9-5-3-6-10-16)13-19(15-20)17-11-7-4-8-12-17/h3-15H,1-2H3,(H,22,25). The highest BCUT2D eigenvalue weighted by molar-refractivity contribution is 7.80. The zero-order valence-electron chi connectivity index (χ0n) is 14.3. The van der Waals surface area contributed by atoms with Crippen LogP contribution in [0.5, 0.6) is 5.75 Å². The first kappa shape index (κ1) is 17.1. The highest BCUT2D eigenvalue weighted by Gasteiger charge is 2.08. The largest absolute Gasteiger partial charge is 0.431 e. The number of thiocarbonyl (C=S) groups is 1. The lowest BCUT2D eigenvalue weighted by atomic mass is 9.98. The Bertz CT molecular complexity index is 791. The van der Waals surface area contributed by atoms with E-state index in [1.807, 2.05) is 62.6 Å². The third-order valence-corrected chi connectivity index (χ3v) is 3.82. The van der Waals surface area contributed by atoms with Crippen LogP contribution in [0.4, 0.5) is 0 Å². The van der Waals surface area contributed by atoms with Gasteiger partial charge in [0.15, 0.2) is 0 Å². The van der Waals surface area contributed by atoms with Gasteiger partial charge in [-0.1, -0.05) is 60.7 Å². The van der Waals surface area contributed by atoms with Crippen LogP contribution in [-0.4, -0.2) is 24.3 Å². The molecule has 0 unspecified atom stereocenters. The second-order valence-corrected chi connectivity index (χ2v) is 6.24. The van der Waals surface area contributed by atoms with Gasteiger partial charge in [-0.25, -0.2) is 5.01 Å². The van der Waals surface area contributed by atoms with Gasteiger partial charge in [-0.3, -0.25) is 5.43 Å². The van der Waals surface area contributed by atoms with Gasteiger partial charge in [0.1, 0.15) is 5.75 Å². The van der Waals surface area contributed by atoms with Crippen molar-refractivity contribution in [3.8, 4) is 28.0 Å². The average molecular weight is 348 g/mol. The quantitative estimate of drug-likeness (QED) is 0.543. The summed E-state index contributed by atoms with van der Waals surface area (Å²) in [7, 11) is 3.73. The van der Waals surface area contributed by atoms with Gasteiger partial charge in [0.05, 0.1) is 0 Å². The molecule has 0 bridgehead atoms. The van der Waals surface area contributed by atoms with E-state index in [1.165, 1.54) is 0 Å². The Morgan fingerprint density at radius 3 is 1.68 bits per heavy atom. The lowest BCUT2D eigenvalue weighted by Crippen LogP contribution is -2.37. The molecule has 3 aromatic rings. The number of nitrogens with one attached hydrogen (secondary N) is 1. The fraction of sp³-hybridized carbons (Fsp3) is 0.0952. The van der Waals surface area contributed by atoms with E-state index >= 15 is 0 Å². The summed E-state index contributed by atoms with van der Waals surface area (Å²) in [6.07, 6.45) is 0. The van der Waals surface area contributed by atoms with Crippen molar-refractivity contribution in [3.63, 3.8) is 0 Å². The number of hydrazine groups is 1. The maximum atomic E-state index is 5.83. The minimum atomic E-state index is 0.314. The number of nitrogens with zero attached hydrogens (tertiary/aromatic N) is 1. The van der Waals surface area contributed by atoms with Gasteiger partial charge >= 0.3 is 0 Å². The number of hydrogen-bond acceptors (Lipinski definition) is 3. The third kappa shape index (κ3) is 4.66. The SMILES string of the molecule is CN(C)NC(=S)Oc1cc(-c2ccccc2)cc(-c2ccccc2)c1. The van der Waals surface area contributed by atoms with E-state index in [-0.39, 0.29) is 0 Å². The van der Waals surface area contributed by atoms with Gasteiger partial charge in [0, 0.05) is 14.1 Å². The summed E-state index contributed by atoms with van der Waals surface area (Å²) >= 11 is 5.26. The fourth-order valence-corrected chi connectivity index (χ4v) is 2.84. The van der Waals surface area contributed by atoms with Crippen molar-refractivity contribution in [1.29, 1.82) is 0 Å². The predicted octanol–water partition coefficient (Wildman–Crippen LogP) is 4.75. The highest BCUT2D eigenvalue weighted by Crippen LogP contribution is 2.31. The van der Waals surface area contributed by atoms with Gasteiger partial charge in [0.2, 0.25) is 0 Å². The molecule has 0 saturated carbocycles. The van der Waals surface area contributed by atoms with Gasteiger partial charge in [0.25, 0.3) is 5.17 Å². The summed E-state index contributed by atoms with van der Waals surface area (Å²) in [5, 5.41) is 2.07. The van der Waals surface area contributed by atoms with Crippen molar-refractivity contribution in [1.82, 2.24) is 10.4 Å². The lowest BCUT2D eigenvalue weighted by Gasteiger charge is -2.16. The minimum absolute atomic E-state index is 0.314. The molecule has 0 heterocycles. The Balaban J connectivity index is 2.01. The molecule has 0 aromatic heterocycles. The van der Waals surface area contributed by atoms with Crippen molar-refractivity contribution in [2.24, 2.45) is 0 Å². The molecule has 0 radical (unpaired) electrons. The summed E-state index contributed by atoms with van der Waals surface area (Å²) in [4.78, 5) is 0. The molecule has 0 aliphatic heterocycles. The Morgan fingerprint density at radius 2 is 1.24 bits per heavy atom. The molecule has 3 nitrogen and oxygen atoms in total. The number of benzene rings is 3. The maximum absolute atomic E-state index is 5.83. The molecule has 4 heteroatoms. The van der Waals surface area contributed by atoms with Gasteiger partial charge in [-0.05, 0) is 52.7 Å². The summed E-state index contributed by atoms with van der Waals surface area (Å²) in [5.74, 6) is 0.708. The first-order valence-corrected chi connectivity index (χ1v) is 8.44. The fourth-order valence-electron chi connectivity index (χ4n) is 2.56. The van der Waals surface area contributed by atoms with E-state index in [9.17, 15) is 0 Å². The molecular weight excluding hydrogens is 328 g/mol. The van der Waals surface area contributed by atoms with E-state index in [1.54, 1.807) is 5.01 Å². The molecule has 0 aliphatic carbocycles. The monoisotopic (exact) mass is 348 g/mol. The smallest absolute Gasteiger partial charge is 0.277 e. The van der Waals surface area contributed by atoms with Gasteiger partial charge in [-0.2, -0.15) is 0 Å². The molecule has 0 fully saturated rings. The summed E-state index contributed by atoms with van der Waals surface area (Å²) in [5.41, 5.74) is 7.40. The molecule has 0 aliphatic rings. The van der Waals surface area contributed by atoms with Crippen LogP contribution in [0.25, 0.3) is 22.3 Å². The van der Waals surface area contributed by atoms with Crippen molar-refractivity contribution < 1.29 is 4.74 Å². The Morgan fingerprint density at radius 1 is 0.760 bits per heavy atom. The predicted molar refractivity (Wildman–Crippen MR) is 107 cm³/mol. The Kier molecular flexibility index (Phi) is 5.43. The molecule has 0 saturated heterocycles. The number of ether oxygens (including phenoxy) is 1. The van der Waals surface area contributed by atoms with E-state index in [0.29, 0.717) is 10.9 Å². The second-order valence-electron chi connectivity index (χ2n) is 5.87. The number of hydrogen-bond donors (Lipinski definition) is 1. The van der Waals surface area contributed by atoms with Crippen molar-refractivity contribution in [2.45, 2.75) is 0 Å². The minimum Gasteiger partial charge on any atom is -0.431 e. The Labute approximate surface area is 153 Å². The lowest BCUT2D eigenvalue weighted by molar-refractivity contribution is 0.333. The van der Waals surface area contributed by atoms with Crippen LogP contribution >= 0.6 is 12.2 Å². The average Bonchev–Trinajstić information content (AvgIpc) is 2.62. The molecular formula is C21H20N2OS. The molecule has 3 aromatic carbocycles. The molecule has 0 spiro atoms. The van der Waals surface area contributed by atoms with Crippen molar-refractivity contribution in [3.05, 3.63) is 78.9 Å². The van der Waals surface area contributed by atoms with Crippen LogP contribution in [0.2, 0.25) is 0 Å². The van der Waals surface area contributed by atoms with E-state index in [2.05, 4.69) is 35.8 Å².